The molecule has 1 amide bonds. The van der Waals surface area contributed by atoms with Gasteiger partial charge in [-0.25, -0.2) is 0 Å². The van der Waals surface area contributed by atoms with Crippen LogP contribution in [0.5, 0.6) is 11.5 Å². The summed E-state index contributed by atoms with van der Waals surface area (Å²) in [5.74, 6) is 1.27. The summed E-state index contributed by atoms with van der Waals surface area (Å²) < 4.78 is 11.3. The summed E-state index contributed by atoms with van der Waals surface area (Å²) in [7, 11) is 1.63. The largest absolute Gasteiger partial charge is 0.493 e. The van der Waals surface area contributed by atoms with Gasteiger partial charge in [-0.15, -0.1) is 0 Å². The van der Waals surface area contributed by atoms with Crippen LogP contribution in [0.2, 0.25) is 0 Å². The lowest BCUT2D eigenvalue weighted by molar-refractivity contribution is -0.111. The molecule has 0 radical (unpaired) electrons. The highest BCUT2D eigenvalue weighted by Crippen LogP contribution is 2.29. The Morgan fingerprint density at radius 2 is 1.72 bits per heavy atom. The van der Waals surface area contributed by atoms with Crippen LogP contribution in [-0.2, 0) is 17.6 Å². The number of rotatable bonds is 11. The van der Waals surface area contributed by atoms with Crippen LogP contribution in [0.15, 0.2) is 42.5 Å². The number of hydrogen-bond donors (Lipinski definition) is 1. The molecule has 0 aliphatic heterocycles. The number of unbranched alkanes of at least 4 members (excludes halogenated alkanes) is 2. The molecular formula is C25H33NO3. The number of carbonyl (C=O) groups is 1. The van der Waals surface area contributed by atoms with Crippen molar-refractivity contribution in [2.24, 2.45) is 0 Å². The van der Waals surface area contributed by atoms with Crippen LogP contribution in [0.25, 0.3) is 6.08 Å². The summed E-state index contributed by atoms with van der Waals surface area (Å²) in [5.41, 5.74) is 4.12. The van der Waals surface area contributed by atoms with Crippen molar-refractivity contribution in [2.75, 3.05) is 19.0 Å². The van der Waals surface area contributed by atoms with E-state index in [4.69, 9.17) is 9.47 Å². The predicted molar refractivity (Wildman–Crippen MR) is 121 cm³/mol. The van der Waals surface area contributed by atoms with E-state index in [0.717, 1.165) is 60.2 Å². The molecule has 2 aromatic rings. The first kappa shape index (κ1) is 22.5. The Morgan fingerprint density at radius 3 is 2.34 bits per heavy atom. The number of ether oxygens (including phenoxy) is 2. The summed E-state index contributed by atoms with van der Waals surface area (Å²) in [6.45, 7) is 7.04. The molecule has 0 aliphatic rings. The van der Waals surface area contributed by atoms with E-state index >= 15 is 0 Å². The van der Waals surface area contributed by atoms with Gasteiger partial charge in [0.05, 0.1) is 13.7 Å². The van der Waals surface area contributed by atoms with Gasteiger partial charge in [0.1, 0.15) is 0 Å². The molecule has 2 rings (SSSR count). The van der Waals surface area contributed by atoms with Crippen LogP contribution in [0.1, 0.15) is 56.7 Å². The number of amides is 1. The number of benzene rings is 2. The zero-order chi connectivity index (χ0) is 21.1. The van der Waals surface area contributed by atoms with Crippen molar-refractivity contribution in [3.8, 4) is 11.5 Å². The maximum atomic E-state index is 12.5. The van der Waals surface area contributed by atoms with Gasteiger partial charge in [-0.1, -0.05) is 57.9 Å². The zero-order valence-corrected chi connectivity index (χ0v) is 18.1. The molecular weight excluding hydrogens is 362 g/mol. The Balaban J connectivity index is 2.07. The van der Waals surface area contributed by atoms with Crippen molar-refractivity contribution in [1.29, 1.82) is 0 Å². The second-order valence-corrected chi connectivity index (χ2v) is 6.95. The number of methoxy groups -OCH3 is 1. The number of aryl methyl sites for hydroxylation is 2. The molecule has 0 aromatic heterocycles. The van der Waals surface area contributed by atoms with Crippen LogP contribution in [-0.4, -0.2) is 19.6 Å². The summed E-state index contributed by atoms with van der Waals surface area (Å²) >= 11 is 0. The molecule has 4 heteroatoms. The van der Waals surface area contributed by atoms with Crippen molar-refractivity contribution in [2.45, 2.75) is 52.9 Å². The fourth-order valence-corrected chi connectivity index (χ4v) is 3.18. The van der Waals surface area contributed by atoms with E-state index in [2.05, 4.69) is 38.2 Å². The molecule has 0 bridgehead atoms. The number of anilines is 1. The first-order chi connectivity index (χ1) is 14.1. The van der Waals surface area contributed by atoms with Crippen molar-refractivity contribution in [3.63, 3.8) is 0 Å². The number of hydrogen-bond acceptors (Lipinski definition) is 3. The van der Waals surface area contributed by atoms with E-state index in [1.165, 1.54) is 0 Å². The summed E-state index contributed by atoms with van der Waals surface area (Å²) in [4.78, 5) is 12.5. The van der Waals surface area contributed by atoms with Gasteiger partial charge in [0, 0.05) is 11.8 Å². The summed E-state index contributed by atoms with van der Waals surface area (Å²) in [6.07, 6.45) is 8.45. The lowest BCUT2D eigenvalue weighted by atomic mass is 10.0. The molecule has 4 nitrogen and oxygen atoms in total. The molecule has 0 saturated heterocycles. The molecule has 2 aromatic carbocycles. The predicted octanol–water partition coefficient (Wildman–Crippen LogP) is 6.04. The molecule has 0 aliphatic carbocycles. The second-order valence-electron chi connectivity index (χ2n) is 6.95. The number of carbonyl (C=O) groups excluding carboxylic acids is 1. The first-order valence-electron chi connectivity index (χ1n) is 10.5. The van der Waals surface area contributed by atoms with E-state index < -0.39 is 0 Å². The van der Waals surface area contributed by atoms with Gasteiger partial charge in [-0.2, -0.15) is 0 Å². The third kappa shape index (κ3) is 6.67. The summed E-state index contributed by atoms with van der Waals surface area (Å²) in [5, 5.41) is 3.05. The molecule has 0 spiro atoms. The highest BCUT2D eigenvalue weighted by atomic mass is 16.5. The van der Waals surface area contributed by atoms with Crippen LogP contribution in [0.4, 0.5) is 5.69 Å². The summed E-state index contributed by atoms with van der Waals surface area (Å²) in [6, 6.07) is 11.9. The highest BCUT2D eigenvalue weighted by Gasteiger charge is 2.09. The quantitative estimate of drug-likeness (QED) is 0.373. The van der Waals surface area contributed by atoms with E-state index in [0.29, 0.717) is 12.4 Å². The molecule has 0 fully saturated rings. The second kappa shape index (κ2) is 11.9. The topological polar surface area (TPSA) is 47.6 Å². The molecule has 156 valence electrons. The normalized spacial score (nSPS) is 10.9. The average molecular weight is 396 g/mol. The molecule has 0 heterocycles. The molecule has 1 N–H and O–H groups in total. The maximum absolute atomic E-state index is 12.5. The van der Waals surface area contributed by atoms with Crippen molar-refractivity contribution < 1.29 is 14.3 Å². The Labute approximate surface area is 174 Å². The van der Waals surface area contributed by atoms with Crippen LogP contribution in [0.3, 0.4) is 0 Å². The average Bonchev–Trinajstić information content (AvgIpc) is 2.75. The fourth-order valence-electron chi connectivity index (χ4n) is 3.18. The van der Waals surface area contributed by atoms with Crippen LogP contribution < -0.4 is 14.8 Å². The standard InChI is InChI=1S/C25H33NO3/c1-5-8-9-17-29-22-15-13-19(18-23(22)28-4)14-16-24(27)26-25-20(6-2)11-10-12-21(25)7-3/h10-16,18H,5-9,17H2,1-4H3,(H,26,27)/b16-14+. The minimum atomic E-state index is -0.139. The van der Waals surface area contributed by atoms with Gasteiger partial charge in [0.15, 0.2) is 11.5 Å². The number of nitrogens with one attached hydrogen (secondary N) is 1. The van der Waals surface area contributed by atoms with E-state index in [-0.39, 0.29) is 5.91 Å². The Bertz CT molecular complexity index is 805. The molecule has 0 saturated carbocycles. The SMILES string of the molecule is CCCCCOc1ccc(/C=C/C(=O)Nc2c(CC)cccc2CC)cc1OC. The Kier molecular flexibility index (Phi) is 9.29. The lowest BCUT2D eigenvalue weighted by Gasteiger charge is -2.13. The lowest BCUT2D eigenvalue weighted by Crippen LogP contribution is -2.11. The Hall–Kier alpha value is -2.75. The maximum Gasteiger partial charge on any atom is 0.248 e. The molecule has 29 heavy (non-hydrogen) atoms. The zero-order valence-electron chi connectivity index (χ0n) is 18.1. The van der Waals surface area contributed by atoms with E-state index in [1.807, 2.05) is 24.3 Å². The highest BCUT2D eigenvalue weighted by molar-refractivity contribution is 6.02. The van der Waals surface area contributed by atoms with E-state index in [1.54, 1.807) is 19.3 Å². The minimum Gasteiger partial charge on any atom is -0.493 e. The smallest absolute Gasteiger partial charge is 0.248 e. The first-order valence-corrected chi connectivity index (χ1v) is 10.5. The van der Waals surface area contributed by atoms with Crippen LogP contribution >= 0.6 is 0 Å². The monoisotopic (exact) mass is 395 g/mol. The molecule has 0 atom stereocenters. The van der Waals surface area contributed by atoms with Gasteiger partial charge in [-0.3, -0.25) is 4.79 Å². The minimum absolute atomic E-state index is 0.139. The Morgan fingerprint density at radius 1 is 1.00 bits per heavy atom. The van der Waals surface area contributed by atoms with Crippen LogP contribution in [0, 0.1) is 0 Å². The van der Waals surface area contributed by atoms with Gasteiger partial charge in [0.25, 0.3) is 0 Å². The van der Waals surface area contributed by atoms with Crippen molar-refractivity contribution in [1.82, 2.24) is 0 Å². The van der Waals surface area contributed by atoms with E-state index in [9.17, 15) is 4.79 Å². The van der Waals surface area contributed by atoms with Crippen molar-refractivity contribution in [3.05, 3.63) is 59.2 Å². The molecule has 0 unspecified atom stereocenters. The fraction of sp³-hybridized carbons (Fsp3) is 0.400. The third-order valence-corrected chi connectivity index (χ3v) is 4.87. The van der Waals surface area contributed by atoms with Crippen molar-refractivity contribution >= 4 is 17.7 Å². The van der Waals surface area contributed by atoms with Gasteiger partial charge in [-0.05, 0) is 54.2 Å². The third-order valence-electron chi connectivity index (χ3n) is 4.87. The van der Waals surface area contributed by atoms with Gasteiger partial charge >= 0.3 is 0 Å². The number of para-hydroxylation sites is 1. The van der Waals surface area contributed by atoms with Gasteiger partial charge < -0.3 is 14.8 Å². The van der Waals surface area contributed by atoms with Gasteiger partial charge in [0.2, 0.25) is 5.91 Å².